The van der Waals surface area contributed by atoms with Crippen molar-refractivity contribution in [1.82, 2.24) is 14.2 Å². The number of rotatable bonds is 3. The summed E-state index contributed by atoms with van der Waals surface area (Å²) >= 11 is 1.52. The Morgan fingerprint density at radius 1 is 1.32 bits per heavy atom. The number of nitrogens with zero attached hydrogens (tertiary/aromatic N) is 3. The van der Waals surface area contributed by atoms with Crippen molar-refractivity contribution in [3.8, 4) is 0 Å². The monoisotopic (exact) mass is 381 g/mol. The fourth-order valence-corrected chi connectivity index (χ4v) is 6.32. The topological polar surface area (TPSA) is 83.7 Å². The number of hydrogen-bond donors (Lipinski definition) is 0. The van der Waals surface area contributed by atoms with Crippen LogP contribution in [0.2, 0.25) is 0 Å². The summed E-state index contributed by atoms with van der Waals surface area (Å²) in [6.07, 6.45) is 0. The summed E-state index contributed by atoms with van der Waals surface area (Å²) in [6, 6.07) is 3.37. The van der Waals surface area contributed by atoms with Crippen LogP contribution in [0.4, 0.5) is 0 Å². The quantitative estimate of drug-likeness (QED) is 0.807. The molecule has 7 nitrogen and oxygen atoms in total. The van der Waals surface area contributed by atoms with Gasteiger partial charge in [-0.25, -0.2) is 13.4 Å². The van der Waals surface area contributed by atoms with E-state index in [0.717, 1.165) is 10.7 Å². The molecule has 4 heterocycles. The third-order valence-electron chi connectivity index (χ3n) is 4.80. The first-order chi connectivity index (χ1) is 11.8. The molecule has 1 amide bonds. The van der Waals surface area contributed by atoms with E-state index in [1.165, 1.54) is 15.6 Å². The number of furan rings is 1. The van der Waals surface area contributed by atoms with Crippen LogP contribution in [0.15, 0.2) is 21.9 Å². The van der Waals surface area contributed by atoms with Crippen molar-refractivity contribution in [2.24, 2.45) is 5.92 Å². The predicted octanol–water partition coefficient (Wildman–Crippen LogP) is 1.64. The predicted molar refractivity (Wildman–Crippen MR) is 92.8 cm³/mol. The Balaban J connectivity index is 1.48. The first kappa shape index (κ1) is 16.7. The summed E-state index contributed by atoms with van der Waals surface area (Å²) in [5, 5.41) is 2.29. The van der Waals surface area contributed by atoms with E-state index in [1.807, 2.05) is 12.3 Å². The fraction of sp³-hybridized carbons (Fsp3) is 0.500. The molecule has 0 aromatic carbocycles. The summed E-state index contributed by atoms with van der Waals surface area (Å²) in [6.45, 7) is 5.09. The Labute approximate surface area is 150 Å². The SMILES string of the molecule is Cc1ccc(C(=O)N2C[C@@H]3CN(Cc4csc(C)n4)S(=O)(=O)[C@H]3C2)o1. The molecular weight excluding hydrogens is 362 g/mol. The first-order valence-corrected chi connectivity index (χ1v) is 10.5. The van der Waals surface area contributed by atoms with E-state index in [4.69, 9.17) is 4.42 Å². The van der Waals surface area contributed by atoms with Crippen molar-refractivity contribution in [2.75, 3.05) is 19.6 Å². The molecule has 2 saturated heterocycles. The van der Waals surface area contributed by atoms with Gasteiger partial charge in [-0.2, -0.15) is 4.31 Å². The molecule has 0 aliphatic carbocycles. The summed E-state index contributed by atoms with van der Waals surface area (Å²) in [5.74, 6) is 0.633. The van der Waals surface area contributed by atoms with Crippen LogP contribution in [0.3, 0.4) is 0 Å². The van der Waals surface area contributed by atoms with Crippen LogP contribution in [-0.2, 0) is 16.6 Å². The van der Waals surface area contributed by atoms with Gasteiger partial charge in [0.1, 0.15) is 5.76 Å². The van der Waals surface area contributed by atoms with Gasteiger partial charge in [-0.1, -0.05) is 0 Å². The zero-order valence-corrected chi connectivity index (χ0v) is 15.6. The Morgan fingerprint density at radius 3 is 2.72 bits per heavy atom. The van der Waals surface area contributed by atoms with E-state index in [2.05, 4.69) is 4.98 Å². The standard InChI is InChI=1S/C16H19N3O4S2/c1-10-3-4-14(23-10)16(20)18-5-12-6-19(25(21,22)15(12)8-18)7-13-9-24-11(2)17-13/h3-4,9,12,15H,5-8H2,1-2H3/t12-,15+/m1/s1. The van der Waals surface area contributed by atoms with Crippen molar-refractivity contribution in [1.29, 1.82) is 0 Å². The molecule has 2 aromatic rings. The van der Waals surface area contributed by atoms with E-state index in [1.54, 1.807) is 24.0 Å². The average molecular weight is 381 g/mol. The number of aromatic nitrogens is 1. The molecule has 0 bridgehead atoms. The lowest BCUT2D eigenvalue weighted by Gasteiger charge is -2.20. The third kappa shape index (κ3) is 2.90. The van der Waals surface area contributed by atoms with E-state index in [-0.39, 0.29) is 24.1 Å². The molecule has 2 aromatic heterocycles. The number of fused-ring (bicyclic) bond motifs is 1. The number of likely N-dealkylation sites (tertiary alicyclic amines) is 1. The van der Waals surface area contributed by atoms with Crippen LogP contribution in [-0.4, -0.2) is 53.4 Å². The fourth-order valence-electron chi connectivity index (χ4n) is 3.60. The minimum absolute atomic E-state index is 0.0651. The Bertz CT molecular complexity index is 917. The zero-order valence-electron chi connectivity index (χ0n) is 14.0. The lowest BCUT2D eigenvalue weighted by atomic mass is 10.1. The molecule has 134 valence electrons. The third-order valence-corrected chi connectivity index (χ3v) is 7.92. The lowest BCUT2D eigenvalue weighted by Crippen LogP contribution is -2.36. The highest BCUT2D eigenvalue weighted by atomic mass is 32.2. The second-order valence-electron chi connectivity index (χ2n) is 6.61. The zero-order chi connectivity index (χ0) is 17.8. The van der Waals surface area contributed by atoms with Crippen molar-refractivity contribution in [3.63, 3.8) is 0 Å². The molecule has 4 rings (SSSR count). The van der Waals surface area contributed by atoms with Gasteiger partial charge in [0, 0.05) is 30.9 Å². The van der Waals surface area contributed by atoms with Crippen LogP contribution in [0.25, 0.3) is 0 Å². The Morgan fingerprint density at radius 2 is 2.12 bits per heavy atom. The first-order valence-electron chi connectivity index (χ1n) is 8.10. The molecule has 9 heteroatoms. The second-order valence-corrected chi connectivity index (χ2v) is 9.83. The van der Waals surface area contributed by atoms with Crippen molar-refractivity contribution in [3.05, 3.63) is 39.7 Å². The van der Waals surface area contributed by atoms with Gasteiger partial charge in [0.15, 0.2) is 5.76 Å². The maximum absolute atomic E-state index is 12.8. The van der Waals surface area contributed by atoms with E-state index < -0.39 is 15.3 Å². The van der Waals surface area contributed by atoms with Gasteiger partial charge in [0.05, 0.1) is 22.5 Å². The molecule has 0 N–H and O–H groups in total. The van der Waals surface area contributed by atoms with Gasteiger partial charge >= 0.3 is 0 Å². The summed E-state index contributed by atoms with van der Waals surface area (Å²) in [7, 11) is -3.42. The molecular formula is C16H19N3O4S2. The molecule has 2 aliphatic heterocycles. The van der Waals surface area contributed by atoms with Crippen LogP contribution in [0, 0.1) is 19.8 Å². The number of carbonyl (C=O) groups excluding carboxylic acids is 1. The van der Waals surface area contributed by atoms with Crippen molar-refractivity contribution < 1.29 is 17.6 Å². The van der Waals surface area contributed by atoms with Crippen LogP contribution < -0.4 is 0 Å². The van der Waals surface area contributed by atoms with E-state index in [0.29, 0.717) is 25.4 Å². The van der Waals surface area contributed by atoms with Crippen LogP contribution >= 0.6 is 11.3 Å². The average Bonchev–Trinajstić information content (AvgIpc) is 3.29. The highest BCUT2D eigenvalue weighted by Gasteiger charge is 2.52. The minimum atomic E-state index is -3.42. The number of sulfonamides is 1. The lowest BCUT2D eigenvalue weighted by molar-refractivity contribution is 0.0751. The largest absolute Gasteiger partial charge is 0.456 e. The molecule has 2 aliphatic rings. The van der Waals surface area contributed by atoms with E-state index in [9.17, 15) is 13.2 Å². The molecule has 0 radical (unpaired) electrons. The van der Waals surface area contributed by atoms with Gasteiger partial charge < -0.3 is 9.32 Å². The number of carbonyl (C=O) groups is 1. The Hall–Kier alpha value is -1.71. The smallest absolute Gasteiger partial charge is 0.289 e. The molecule has 2 atom stereocenters. The van der Waals surface area contributed by atoms with Crippen LogP contribution in [0.5, 0.6) is 0 Å². The van der Waals surface area contributed by atoms with E-state index >= 15 is 0 Å². The number of thiazole rings is 1. The minimum Gasteiger partial charge on any atom is -0.456 e. The molecule has 0 saturated carbocycles. The maximum Gasteiger partial charge on any atom is 0.289 e. The molecule has 25 heavy (non-hydrogen) atoms. The number of aryl methyl sites for hydroxylation is 2. The maximum atomic E-state index is 12.8. The summed E-state index contributed by atoms with van der Waals surface area (Å²) in [4.78, 5) is 18.4. The van der Waals surface area contributed by atoms with Gasteiger partial charge in [0.2, 0.25) is 10.0 Å². The summed E-state index contributed by atoms with van der Waals surface area (Å²) in [5.41, 5.74) is 0.782. The summed E-state index contributed by atoms with van der Waals surface area (Å²) < 4.78 is 32.6. The van der Waals surface area contributed by atoms with Gasteiger partial charge in [-0.15, -0.1) is 11.3 Å². The highest BCUT2D eigenvalue weighted by Crippen LogP contribution is 2.35. The number of amides is 1. The molecule has 0 unspecified atom stereocenters. The molecule has 2 fully saturated rings. The highest BCUT2D eigenvalue weighted by molar-refractivity contribution is 7.90. The van der Waals surface area contributed by atoms with Crippen molar-refractivity contribution in [2.45, 2.75) is 25.6 Å². The molecule has 0 spiro atoms. The normalized spacial score (nSPS) is 25.4. The van der Waals surface area contributed by atoms with Gasteiger partial charge in [-0.05, 0) is 26.0 Å². The van der Waals surface area contributed by atoms with Crippen LogP contribution in [0.1, 0.15) is 27.0 Å². The van der Waals surface area contributed by atoms with Gasteiger partial charge in [0.25, 0.3) is 5.91 Å². The van der Waals surface area contributed by atoms with Gasteiger partial charge in [-0.3, -0.25) is 4.79 Å². The number of hydrogen-bond acceptors (Lipinski definition) is 6. The van der Waals surface area contributed by atoms with Crippen molar-refractivity contribution >= 4 is 27.3 Å². The second kappa shape index (κ2) is 5.93. The Kier molecular flexibility index (Phi) is 3.97.